The average Bonchev–Trinajstić information content (AvgIpc) is 3.30. The molecule has 0 amide bonds. The number of aromatic nitrogens is 5. The first kappa shape index (κ1) is 19.2. The quantitative estimate of drug-likeness (QED) is 0.538. The molecule has 5 heterocycles. The van der Waals surface area contributed by atoms with Crippen LogP contribution >= 0.6 is 0 Å². The van der Waals surface area contributed by atoms with Gasteiger partial charge in [0.1, 0.15) is 5.75 Å². The van der Waals surface area contributed by atoms with E-state index in [4.69, 9.17) is 9.72 Å². The van der Waals surface area contributed by atoms with E-state index in [-0.39, 0.29) is 5.56 Å². The number of hydrogen-bond donors (Lipinski definition) is 1. The zero-order chi connectivity index (χ0) is 21.7. The molecule has 0 aliphatic carbocycles. The molecule has 0 radical (unpaired) electrons. The summed E-state index contributed by atoms with van der Waals surface area (Å²) in [6, 6.07) is 12.9. The van der Waals surface area contributed by atoms with Crippen molar-refractivity contribution in [3.63, 3.8) is 0 Å². The first-order valence-corrected chi connectivity index (χ1v) is 11.0. The fourth-order valence-corrected chi connectivity index (χ4v) is 5.09. The zero-order valence-corrected chi connectivity index (χ0v) is 17.9. The predicted octanol–water partition coefficient (Wildman–Crippen LogP) is 3.05. The van der Waals surface area contributed by atoms with Gasteiger partial charge in [-0.1, -0.05) is 12.1 Å². The highest BCUT2D eigenvalue weighted by molar-refractivity contribution is 5.42. The Labute approximate surface area is 184 Å². The highest BCUT2D eigenvalue weighted by atomic mass is 16.5. The van der Waals surface area contributed by atoms with Gasteiger partial charge >= 0.3 is 6.01 Å². The molecule has 8 heteroatoms. The molecule has 1 fully saturated rings. The van der Waals surface area contributed by atoms with Gasteiger partial charge in [0, 0.05) is 54.8 Å². The normalized spacial score (nSPS) is 20.3. The third-order valence-corrected chi connectivity index (χ3v) is 6.60. The second-order valence-electron chi connectivity index (χ2n) is 8.72. The van der Waals surface area contributed by atoms with E-state index in [0.29, 0.717) is 29.5 Å². The molecule has 4 aromatic rings. The number of benzene rings is 1. The van der Waals surface area contributed by atoms with E-state index >= 15 is 0 Å². The number of aromatic amines is 1. The zero-order valence-electron chi connectivity index (χ0n) is 17.9. The van der Waals surface area contributed by atoms with Gasteiger partial charge in [-0.05, 0) is 49.9 Å². The van der Waals surface area contributed by atoms with Crippen molar-refractivity contribution >= 4 is 5.65 Å². The van der Waals surface area contributed by atoms with Crippen LogP contribution in [0.3, 0.4) is 0 Å². The smallest absolute Gasteiger partial charge is 0.321 e. The van der Waals surface area contributed by atoms with Gasteiger partial charge in [-0.3, -0.25) is 14.8 Å². The molecule has 3 aromatic heterocycles. The molecule has 32 heavy (non-hydrogen) atoms. The molecular weight excluding hydrogens is 404 g/mol. The molecule has 162 valence electrons. The van der Waals surface area contributed by atoms with Gasteiger partial charge in [-0.15, -0.1) is 0 Å². The molecular formula is C24H24N6O2. The Morgan fingerprint density at radius 2 is 1.84 bits per heavy atom. The van der Waals surface area contributed by atoms with Crippen molar-refractivity contribution in [3.05, 3.63) is 81.7 Å². The molecule has 0 unspecified atom stereocenters. The number of rotatable bonds is 4. The minimum atomic E-state index is 0.0511. The number of aryl methyl sites for hydroxylation is 1. The number of H-pyrrole nitrogens is 1. The third-order valence-electron chi connectivity index (χ3n) is 6.60. The largest absolute Gasteiger partial charge is 0.424 e. The summed E-state index contributed by atoms with van der Waals surface area (Å²) in [6.45, 7) is 2.80. The summed E-state index contributed by atoms with van der Waals surface area (Å²) in [5, 5.41) is 3.12. The van der Waals surface area contributed by atoms with Crippen LogP contribution in [0.4, 0.5) is 0 Å². The van der Waals surface area contributed by atoms with Gasteiger partial charge in [-0.2, -0.15) is 0 Å². The summed E-state index contributed by atoms with van der Waals surface area (Å²) in [6.07, 6.45) is 7.16. The molecule has 1 aromatic carbocycles. The van der Waals surface area contributed by atoms with Crippen LogP contribution in [0.2, 0.25) is 0 Å². The molecule has 0 spiro atoms. The van der Waals surface area contributed by atoms with E-state index < -0.39 is 0 Å². The van der Waals surface area contributed by atoms with Crippen molar-refractivity contribution in [2.45, 2.75) is 51.2 Å². The first-order chi connectivity index (χ1) is 15.6. The average molecular weight is 428 g/mol. The molecule has 0 saturated carbocycles. The van der Waals surface area contributed by atoms with E-state index in [9.17, 15) is 4.79 Å². The van der Waals surface area contributed by atoms with Crippen LogP contribution in [0.15, 0.2) is 53.6 Å². The summed E-state index contributed by atoms with van der Waals surface area (Å²) < 4.78 is 7.30. The first-order valence-electron chi connectivity index (χ1n) is 11.0. The lowest BCUT2D eigenvalue weighted by Gasteiger charge is -2.27. The van der Waals surface area contributed by atoms with Crippen molar-refractivity contribution in [1.29, 1.82) is 0 Å². The van der Waals surface area contributed by atoms with E-state index in [1.807, 2.05) is 25.1 Å². The highest BCUT2D eigenvalue weighted by Gasteiger charge is 2.38. The SMILES string of the molecule is Cc1cc2nc3c(c(=O)n2[nH]1)C[C@@H]1CC[C@H](C3)N1Cc1ccc(Oc2ncccn2)cc1. The lowest BCUT2D eigenvalue weighted by Crippen LogP contribution is -2.36. The van der Waals surface area contributed by atoms with E-state index in [1.165, 1.54) is 5.56 Å². The molecule has 2 aliphatic rings. The molecule has 1 saturated heterocycles. The summed E-state index contributed by atoms with van der Waals surface area (Å²) >= 11 is 0. The number of fused-ring (bicyclic) bond motifs is 4. The van der Waals surface area contributed by atoms with Crippen molar-refractivity contribution in [2.75, 3.05) is 0 Å². The van der Waals surface area contributed by atoms with Gasteiger partial charge in [0.05, 0.1) is 5.69 Å². The number of nitrogens with one attached hydrogen (secondary N) is 1. The molecule has 8 nitrogen and oxygen atoms in total. The molecule has 2 atom stereocenters. The Hall–Kier alpha value is -3.52. The van der Waals surface area contributed by atoms with Gasteiger partial charge in [-0.25, -0.2) is 19.5 Å². The van der Waals surface area contributed by atoms with E-state index in [0.717, 1.165) is 49.2 Å². The third kappa shape index (κ3) is 3.36. The van der Waals surface area contributed by atoms with Crippen LogP contribution in [0.1, 0.15) is 35.4 Å². The van der Waals surface area contributed by atoms with Crippen molar-refractivity contribution in [3.8, 4) is 11.8 Å². The number of ether oxygens (including phenoxy) is 1. The summed E-state index contributed by atoms with van der Waals surface area (Å²) in [5.41, 5.74) is 4.78. The molecule has 2 aliphatic heterocycles. The fourth-order valence-electron chi connectivity index (χ4n) is 5.09. The maximum atomic E-state index is 13.1. The Kier molecular flexibility index (Phi) is 4.53. The summed E-state index contributed by atoms with van der Waals surface area (Å²) in [7, 11) is 0. The van der Waals surface area contributed by atoms with Gasteiger partial charge < -0.3 is 4.74 Å². The monoisotopic (exact) mass is 428 g/mol. The van der Waals surface area contributed by atoms with Crippen molar-refractivity contribution < 1.29 is 4.74 Å². The van der Waals surface area contributed by atoms with Crippen molar-refractivity contribution in [1.82, 2.24) is 29.5 Å². The van der Waals surface area contributed by atoms with Gasteiger partial charge in [0.25, 0.3) is 5.56 Å². The molecule has 2 bridgehead atoms. The Morgan fingerprint density at radius 1 is 1.09 bits per heavy atom. The Balaban J connectivity index is 1.23. The van der Waals surface area contributed by atoms with Crippen LogP contribution in [-0.2, 0) is 19.4 Å². The van der Waals surface area contributed by atoms with Crippen LogP contribution in [0.5, 0.6) is 11.8 Å². The predicted molar refractivity (Wildman–Crippen MR) is 119 cm³/mol. The van der Waals surface area contributed by atoms with Crippen molar-refractivity contribution in [2.24, 2.45) is 0 Å². The van der Waals surface area contributed by atoms with Crippen LogP contribution in [0.25, 0.3) is 5.65 Å². The van der Waals surface area contributed by atoms with E-state index in [1.54, 1.807) is 23.0 Å². The second kappa shape index (κ2) is 7.56. The van der Waals surface area contributed by atoms with Crippen LogP contribution < -0.4 is 10.3 Å². The summed E-state index contributed by atoms with van der Waals surface area (Å²) in [5.74, 6) is 0.716. The van der Waals surface area contributed by atoms with Gasteiger partial charge in [0.15, 0.2) is 5.65 Å². The number of hydrogen-bond acceptors (Lipinski definition) is 6. The molecule has 6 rings (SSSR count). The van der Waals surface area contributed by atoms with Crippen LogP contribution in [-0.4, -0.2) is 41.5 Å². The fraction of sp³-hybridized carbons (Fsp3) is 0.333. The minimum absolute atomic E-state index is 0.0511. The maximum absolute atomic E-state index is 13.1. The Morgan fingerprint density at radius 3 is 2.62 bits per heavy atom. The topological polar surface area (TPSA) is 88.4 Å². The Bertz CT molecular complexity index is 1330. The maximum Gasteiger partial charge on any atom is 0.321 e. The minimum Gasteiger partial charge on any atom is -0.424 e. The summed E-state index contributed by atoms with van der Waals surface area (Å²) in [4.78, 5) is 28.7. The lowest BCUT2D eigenvalue weighted by atomic mass is 9.98. The van der Waals surface area contributed by atoms with Crippen LogP contribution in [0, 0.1) is 6.92 Å². The highest BCUT2D eigenvalue weighted by Crippen LogP contribution is 2.34. The van der Waals surface area contributed by atoms with Gasteiger partial charge in [0.2, 0.25) is 0 Å². The number of nitrogens with zero attached hydrogens (tertiary/aromatic N) is 5. The van der Waals surface area contributed by atoms with E-state index in [2.05, 4.69) is 32.1 Å². The standard InChI is InChI=1S/C24H24N6O2/c1-15-11-22-27-21-13-18-6-5-17(12-20(21)23(31)30(22)28-15)29(18)14-16-3-7-19(8-4-16)32-24-25-9-2-10-26-24/h2-4,7-11,17-18,28H,5-6,12-14H2,1H3/t17-,18+/m0/s1. The lowest BCUT2D eigenvalue weighted by molar-refractivity contribution is 0.187. The molecule has 1 N–H and O–H groups in total. The second-order valence-corrected chi connectivity index (χ2v) is 8.72.